The van der Waals surface area contributed by atoms with Crippen LogP contribution < -0.4 is 5.73 Å². The van der Waals surface area contributed by atoms with Gasteiger partial charge in [0.2, 0.25) is 5.91 Å². The molecule has 2 amide bonds. The number of hydrogen-bond acceptors (Lipinski definition) is 2. The Morgan fingerprint density at radius 3 is 2.55 bits per heavy atom. The van der Waals surface area contributed by atoms with Crippen molar-refractivity contribution in [1.29, 1.82) is 0 Å². The molecule has 1 aromatic carbocycles. The molecule has 108 valence electrons. The normalized spacial score (nSPS) is 16.2. The first-order chi connectivity index (χ1) is 9.47. The number of carbonyl (C=O) groups is 2. The first-order valence-electron chi connectivity index (χ1n) is 6.81. The number of nitrogens with two attached hydrogens (primary N) is 1. The SMILES string of the molecule is Cc1ccc(C(=O)N2CCC(CC(N)=O)CC2)c(Br)c1. The topological polar surface area (TPSA) is 63.4 Å². The molecule has 2 N–H and O–H groups in total. The summed E-state index contributed by atoms with van der Waals surface area (Å²) in [6, 6.07) is 5.75. The van der Waals surface area contributed by atoms with Crippen LogP contribution in [0.2, 0.25) is 0 Å². The molecule has 1 saturated heterocycles. The highest BCUT2D eigenvalue weighted by Crippen LogP contribution is 2.24. The summed E-state index contributed by atoms with van der Waals surface area (Å²) in [6.07, 6.45) is 2.12. The number of rotatable bonds is 3. The molecule has 0 aliphatic carbocycles. The molecule has 1 aromatic rings. The first kappa shape index (κ1) is 15.0. The van der Waals surface area contributed by atoms with E-state index in [1.807, 2.05) is 30.0 Å². The molecule has 1 fully saturated rings. The third kappa shape index (κ3) is 3.60. The number of benzene rings is 1. The summed E-state index contributed by atoms with van der Waals surface area (Å²) in [5, 5.41) is 0. The molecule has 0 radical (unpaired) electrons. The van der Waals surface area contributed by atoms with Crippen LogP contribution in [0.3, 0.4) is 0 Å². The Balaban J connectivity index is 1.99. The molecule has 0 unspecified atom stereocenters. The monoisotopic (exact) mass is 338 g/mol. The molecule has 4 nitrogen and oxygen atoms in total. The number of halogens is 1. The summed E-state index contributed by atoms with van der Waals surface area (Å²) in [7, 11) is 0. The molecule has 1 heterocycles. The summed E-state index contributed by atoms with van der Waals surface area (Å²) in [5.74, 6) is 0.114. The van der Waals surface area contributed by atoms with Gasteiger partial charge in [-0.25, -0.2) is 0 Å². The maximum absolute atomic E-state index is 12.5. The predicted molar refractivity (Wildman–Crippen MR) is 81.3 cm³/mol. The molecule has 0 atom stereocenters. The van der Waals surface area contributed by atoms with Gasteiger partial charge in [0, 0.05) is 24.0 Å². The molecule has 20 heavy (non-hydrogen) atoms. The third-order valence-corrected chi connectivity index (χ3v) is 4.40. The van der Waals surface area contributed by atoms with Crippen molar-refractivity contribution in [3.05, 3.63) is 33.8 Å². The van der Waals surface area contributed by atoms with Crippen molar-refractivity contribution in [2.24, 2.45) is 11.7 Å². The van der Waals surface area contributed by atoms with Gasteiger partial charge < -0.3 is 10.6 Å². The highest BCUT2D eigenvalue weighted by molar-refractivity contribution is 9.10. The van der Waals surface area contributed by atoms with Crippen LogP contribution in [-0.4, -0.2) is 29.8 Å². The zero-order valence-corrected chi connectivity index (χ0v) is 13.1. The Hall–Kier alpha value is -1.36. The van der Waals surface area contributed by atoms with Crippen molar-refractivity contribution in [2.45, 2.75) is 26.2 Å². The number of likely N-dealkylation sites (tertiary alicyclic amines) is 1. The highest BCUT2D eigenvalue weighted by atomic mass is 79.9. The number of nitrogens with zero attached hydrogens (tertiary/aromatic N) is 1. The largest absolute Gasteiger partial charge is 0.370 e. The van der Waals surface area contributed by atoms with Crippen molar-refractivity contribution in [3.63, 3.8) is 0 Å². The molecule has 1 aliphatic rings. The fourth-order valence-electron chi connectivity index (χ4n) is 2.59. The van der Waals surface area contributed by atoms with Gasteiger partial charge in [-0.2, -0.15) is 0 Å². The minimum Gasteiger partial charge on any atom is -0.370 e. The smallest absolute Gasteiger partial charge is 0.254 e. The van der Waals surface area contributed by atoms with E-state index in [-0.39, 0.29) is 11.8 Å². The van der Waals surface area contributed by atoms with E-state index in [9.17, 15) is 9.59 Å². The van der Waals surface area contributed by atoms with Crippen LogP contribution in [0.5, 0.6) is 0 Å². The van der Waals surface area contributed by atoms with Gasteiger partial charge in [-0.1, -0.05) is 6.07 Å². The minimum atomic E-state index is -0.254. The number of amides is 2. The zero-order chi connectivity index (χ0) is 14.7. The summed E-state index contributed by atoms with van der Waals surface area (Å²) in [6.45, 7) is 3.38. The van der Waals surface area contributed by atoms with E-state index in [0.717, 1.165) is 22.9 Å². The predicted octanol–water partition coefficient (Wildman–Crippen LogP) is 2.49. The van der Waals surface area contributed by atoms with Crippen molar-refractivity contribution in [3.8, 4) is 0 Å². The van der Waals surface area contributed by atoms with Crippen molar-refractivity contribution < 1.29 is 9.59 Å². The number of hydrogen-bond donors (Lipinski definition) is 1. The fourth-order valence-corrected chi connectivity index (χ4v) is 3.25. The Morgan fingerprint density at radius 2 is 2.00 bits per heavy atom. The molecule has 0 aromatic heterocycles. The quantitative estimate of drug-likeness (QED) is 0.920. The van der Waals surface area contributed by atoms with Crippen molar-refractivity contribution in [1.82, 2.24) is 4.90 Å². The van der Waals surface area contributed by atoms with E-state index in [2.05, 4.69) is 15.9 Å². The van der Waals surface area contributed by atoms with Gasteiger partial charge in [0.1, 0.15) is 0 Å². The molecule has 1 aliphatic heterocycles. The van der Waals surface area contributed by atoms with Gasteiger partial charge in [0.05, 0.1) is 5.56 Å². The van der Waals surface area contributed by atoms with Crippen LogP contribution in [0.1, 0.15) is 35.2 Å². The molecular formula is C15H19BrN2O2. The summed E-state index contributed by atoms with van der Waals surface area (Å²) < 4.78 is 0.835. The summed E-state index contributed by atoms with van der Waals surface area (Å²) >= 11 is 3.45. The van der Waals surface area contributed by atoms with Gasteiger partial charge in [-0.05, 0) is 59.3 Å². The number of aryl methyl sites for hydroxylation is 1. The lowest BCUT2D eigenvalue weighted by Gasteiger charge is -2.31. The second-order valence-electron chi connectivity index (χ2n) is 5.39. The van der Waals surface area contributed by atoms with E-state index in [0.29, 0.717) is 31.0 Å². The van der Waals surface area contributed by atoms with Crippen LogP contribution in [0.15, 0.2) is 22.7 Å². The minimum absolute atomic E-state index is 0.0504. The maximum atomic E-state index is 12.5. The van der Waals surface area contributed by atoms with Crippen LogP contribution in [0.4, 0.5) is 0 Å². The number of carbonyl (C=O) groups excluding carboxylic acids is 2. The number of piperidine rings is 1. The van der Waals surface area contributed by atoms with E-state index in [1.165, 1.54) is 0 Å². The molecule has 0 bridgehead atoms. The standard InChI is InChI=1S/C15H19BrN2O2/c1-10-2-3-12(13(16)8-10)15(20)18-6-4-11(5-7-18)9-14(17)19/h2-3,8,11H,4-7,9H2,1H3,(H2,17,19). The Bertz CT molecular complexity index is 523. The van der Waals surface area contributed by atoms with Crippen LogP contribution in [0.25, 0.3) is 0 Å². The fraction of sp³-hybridized carbons (Fsp3) is 0.467. The number of primary amides is 1. The summed E-state index contributed by atoms with van der Waals surface area (Å²) in [4.78, 5) is 25.2. The van der Waals surface area contributed by atoms with Crippen LogP contribution >= 0.6 is 15.9 Å². The van der Waals surface area contributed by atoms with E-state index >= 15 is 0 Å². The van der Waals surface area contributed by atoms with Gasteiger partial charge in [0.15, 0.2) is 0 Å². The molecule has 5 heteroatoms. The lowest BCUT2D eigenvalue weighted by Crippen LogP contribution is -2.39. The van der Waals surface area contributed by atoms with Gasteiger partial charge >= 0.3 is 0 Å². The van der Waals surface area contributed by atoms with Crippen LogP contribution in [-0.2, 0) is 4.79 Å². The second-order valence-corrected chi connectivity index (χ2v) is 6.24. The van der Waals surface area contributed by atoms with Gasteiger partial charge in [-0.3, -0.25) is 9.59 Å². The first-order valence-corrected chi connectivity index (χ1v) is 7.60. The average molecular weight is 339 g/mol. The molecule has 0 spiro atoms. The third-order valence-electron chi connectivity index (χ3n) is 3.75. The second kappa shape index (κ2) is 6.39. The lowest BCUT2D eigenvalue weighted by molar-refractivity contribution is -0.119. The average Bonchev–Trinajstić information content (AvgIpc) is 2.38. The zero-order valence-electron chi connectivity index (χ0n) is 11.6. The van der Waals surface area contributed by atoms with E-state index in [1.54, 1.807) is 0 Å². The Kier molecular flexibility index (Phi) is 4.81. The van der Waals surface area contributed by atoms with Gasteiger partial charge in [0.25, 0.3) is 5.91 Å². The lowest BCUT2D eigenvalue weighted by atomic mass is 9.93. The molecule has 2 rings (SSSR count). The Labute approximate surface area is 127 Å². The van der Waals surface area contributed by atoms with E-state index in [4.69, 9.17) is 5.73 Å². The summed E-state index contributed by atoms with van der Waals surface area (Å²) in [5.41, 5.74) is 7.03. The highest BCUT2D eigenvalue weighted by Gasteiger charge is 2.25. The van der Waals surface area contributed by atoms with Gasteiger partial charge in [-0.15, -0.1) is 0 Å². The van der Waals surface area contributed by atoms with E-state index < -0.39 is 0 Å². The van der Waals surface area contributed by atoms with Crippen molar-refractivity contribution in [2.75, 3.05) is 13.1 Å². The maximum Gasteiger partial charge on any atom is 0.254 e. The molecule has 0 saturated carbocycles. The van der Waals surface area contributed by atoms with Crippen molar-refractivity contribution >= 4 is 27.7 Å². The Morgan fingerprint density at radius 1 is 1.35 bits per heavy atom. The van der Waals surface area contributed by atoms with Crippen LogP contribution in [0, 0.1) is 12.8 Å². The molecular weight excluding hydrogens is 320 g/mol.